The molecule has 0 bridgehead atoms. The maximum absolute atomic E-state index is 3.52. The van der Waals surface area contributed by atoms with E-state index >= 15 is 0 Å². The predicted octanol–water partition coefficient (Wildman–Crippen LogP) is -0.110. The molecule has 3 nitrogen and oxygen atoms in total. The van der Waals surface area contributed by atoms with Gasteiger partial charge in [0.15, 0.2) is 0 Å². The van der Waals surface area contributed by atoms with Crippen molar-refractivity contribution >= 4 is 0 Å². The van der Waals surface area contributed by atoms with Crippen LogP contribution in [0, 0.1) is 5.92 Å². The quantitative estimate of drug-likeness (QED) is 0.625. The van der Waals surface area contributed by atoms with E-state index in [1.54, 1.807) is 0 Å². The summed E-state index contributed by atoms with van der Waals surface area (Å²) < 4.78 is 0. The summed E-state index contributed by atoms with van der Waals surface area (Å²) in [6.45, 7) is 9.67. The molecule has 0 saturated carbocycles. The van der Waals surface area contributed by atoms with Gasteiger partial charge in [-0.3, -0.25) is 0 Å². The van der Waals surface area contributed by atoms with Crippen LogP contribution in [0.15, 0.2) is 0 Å². The number of hydrogen-bond acceptors (Lipinski definition) is 3. The van der Waals surface area contributed by atoms with Crippen LogP contribution in [0.3, 0.4) is 0 Å². The maximum atomic E-state index is 3.52. The van der Waals surface area contributed by atoms with E-state index in [1.165, 1.54) is 45.7 Å². The van der Waals surface area contributed by atoms with Crippen molar-refractivity contribution in [2.24, 2.45) is 5.92 Å². The Kier molecular flexibility index (Phi) is 3.19. The molecule has 0 radical (unpaired) electrons. The van der Waals surface area contributed by atoms with E-state index < -0.39 is 0 Å². The lowest BCUT2D eigenvalue weighted by Crippen LogP contribution is -2.46. The zero-order chi connectivity index (χ0) is 9.10. The average Bonchev–Trinajstić information content (AvgIpc) is 2.54. The van der Waals surface area contributed by atoms with Gasteiger partial charge in [-0.1, -0.05) is 0 Å². The molecular formula is C10H21N3. The van der Waals surface area contributed by atoms with Crippen LogP contribution < -0.4 is 10.6 Å². The van der Waals surface area contributed by atoms with Crippen molar-refractivity contribution in [2.75, 3.05) is 39.3 Å². The number of piperazine rings is 1. The van der Waals surface area contributed by atoms with Gasteiger partial charge >= 0.3 is 0 Å². The van der Waals surface area contributed by atoms with Gasteiger partial charge in [-0.05, 0) is 25.8 Å². The van der Waals surface area contributed by atoms with Crippen molar-refractivity contribution in [1.29, 1.82) is 0 Å². The second kappa shape index (κ2) is 4.40. The number of hydrogen-bond donors (Lipinski definition) is 2. The highest BCUT2D eigenvalue weighted by atomic mass is 15.2. The summed E-state index contributed by atoms with van der Waals surface area (Å²) >= 11 is 0. The molecule has 0 unspecified atom stereocenters. The number of nitrogens with one attached hydrogen (secondary N) is 2. The summed E-state index contributed by atoms with van der Waals surface area (Å²) in [7, 11) is 0. The molecule has 0 aromatic carbocycles. The monoisotopic (exact) mass is 183 g/mol. The summed E-state index contributed by atoms with van der Waals surface area (Å²) in [5.41, 5.74) is 0. The molecule has 0 aromatic heterocycles. The van der Waals surface area contributed by atoms with Gasteiger partial charge in [-0.25, -0.2) is 0 Å². The second-order valence-corrected chi connectivity index (χ2v) is 4.34. The SMILES string of the molecule is C[C@@H]1NCC[C@H]1CN1CCNCC1. The summed E-state index contributed by atoms with van der Waals surface area (Å²) in [5, 5.41) is 6.91. The van der Waals surface area contributed by atoms with Crippen molar-refractivity contribution in [3.63, 3.8) is 0 Å². The molecular weight excluding hydrogens is 162 g/mol. The zero-order valence-corrected chi connectivity index (χ0v) is 8.55. The largest absolute Gasteiger partial charge is 0.314 e. The summed E-state index contributed by atoms with van der Waals surface area (Å²) in [5.74, 6) is 0.887. The van der Waals surface area contributed by atoms with E-state index in [-0.39, 0.29) is 0 Å². The molecule has 2 atom stereocenters. The van der Waals surface area contributed by atoms with Crippen molar-refractivity contribution in [1.82, 2.24) is 15.5 Å². The Balaban J connectivity index is 1.75. The summed E-state index contributed by atoms with van der Waals surface area (Å²) in [6, 6.07) is 0.731. The molecule has 2 aliphatic rings. The van der Waals surface area contributed by atoms with Crippen LogP contribution in [0.1, 0.15) is 13.3 Å². The molecule has 0 aromatic rings. The van der Waals surface area contributed by atoms with Crippen molar-refractivity contribution in [3.05, 3.63) is 0 Å². The molecule has 13 heavy (non-hydrogen) atoms. The number of rotatable bonds is 2. The van der Waals surface area contributed by atoms with E-state index in [0.29, 0.717) is 0 Å². The fourth-order valence-corrected chi connectivity index (χ4v) is 2.39. The molecule has 2 aliphatic heterocycles. The van der Waals surface area contributed by atoms with E-state index in [9.17, 15) is 0 Å². The Bertz CT molecular complexity index is 154. The Hall–Kier alpha value is -0.120. The molecule has 2 heterocycles. The molecule has 2 fully saturated rings. The predicted molar refractivity (Wildman–Crippen MR) is 54.9 cm³/mol. The highest BCUT2D eigenvalue weighted by Crippen LogP contribution is 2.16. The highest BCUT2D eigenvalue weighted by Gasteiger charge is 2.25. The zero-order valence-electron chi connectivity index (χ0n) is 8.55. The van der Waals surface area contributed by atoms with Gasteiger partial charge in [0.2, 0.25) is 0 Å². The molecule has 2 rings (SSSR count). The molecule has 2 N–H and O–H groups in total. The van der Waals surface area contributed by atoms with Gasteiger partial charge in [0.25, 0.3) is 0 Å². The van der Waals surface area contributed by atoms with E-state index in [2.05, 4.69) is 22.5 Å². The second-order valence-electron chi connectivity index (χ2n) is 4.34. The van der Waals surface area contributed by atoms with Crippen LogP contribution in [0.5, 0.6) is 0 Å². The number of nitrogens with zero attached hydrogens (tertiary/aromatic N) is 1. The standard InChI is InChI=1S/C10H21N3/c1-9-10(2-3-12-9)8-13-6-4-11-5-7-13/h9-12H,2-8H2,1H3/t9-,10-/m0/s1. The Morgan fingerprint density at radius 3 is 2.62 bits per heavy atom. The third-order valence-corrected chi connectivity index (χ3v) is 3.39. The first-order chi connectivity index (χ1) is 6.36. The van der Waals surface area contributed by atoms with Crippen molar-refractivity contribution in [2.45, 2.75) is 19.4 Å². The highest BCUT2D eigenvalue weighted by molar-refractivity contribution is 4.83. The van der Waals surface area contributed by atoms with Crippen LogP contribution in [0.2, 0.25) is 0 Å². The van der Waals surface area contributed by atoms with Gasteiger partial charge < -0.3 is 15.5 Å². The minimum absolute atomic E-state index is 0.731. The molecule has 76 valence electrons. The first-order valence-electron chi connectivity index (χ1n) is 5.53. The topological polar surface area (TPSA) is 27.3 Å². The van der Waals surface area contributed by atoms with Crippen LogP contribution >= 0.6 is 0 Å². The maximum Gasteiger partial charge on any atom is 0.0107 e. The van der Waals surface area contributed by atoms with Crippen LogP contribution in [-0.2, 0) is 0 Å². The Morgan fingerprint density at radius 1 is 1.23 bits per heavy atom. The normalized spacial score (nSPS) is 36.7. The molecule has 2 saturated heterocycles. The minimum Gasteiger partial charge on any atom is -0.314 e. The lowest BCUT2D eigenvalue weighted by Gasteiger charge is -2.30. The van der Waals surface area contributed by atoms with Gasteiger partial charge in [-0.15, -0.1) is 0 Å². The van der Waals surface area contributed by atoms with Crippen LogP contribution in [0.4, 0.5) is 0 Å². The summed E-state index contributed by atoms with van der Waals surface area (Å²) in [6.07, 6.45) is 1.37. The van der Waals surface area contributed by atoms with Gasteiger partial charge in [0, 0.05) is 38.8 Å². The molecule has 3 heteroatoms. The first-order valence-corrected chi connectivity index (χ1v) is 5.53. The Labute approximate surface area is 80.9 Å². The van der Waals surface area contributed by atoms with Gasteiger partial charge in [0.05, 0.1) is 0 Å². The van der Waals surface area contributed by atoms with Crippen LogP contribution in [-0.4, -0.2) is 50.2 Å². The molecule has 0 aliphatic carbocycles. The third-order valence-electron chi connectivity index (χ3n) is 3.39. The average molecular weight is 183 g/mol. The van der Waals surface area contributed by atoms with Gasteiger partial charge in [-0.2, -0.15) is 0 Å². The smallest absolute Gasteiger partial charge is 0.0107 e. The summed E-state index contributed by atoms with van der Waals surface area (Å²) in [4.78, 5) is 2.60. The molecule has 0 spiro atoms. The molecule has 0 amide bonds. The lowest BCUT2D eigenvalue weighted by molar-refractivity contribution is 0.200. The van der Waals surface area contributed by atoms with E-state index in [4.69, 9.17) is 0 Å². The first kappa shape index (κ1) is 9.44. The lowest BCUT2D eigenvalue weighted by atomic mass is 10.0. The van der Waals surface area contributed by atoms with Gasteiger partial charge in [0.1, 0.15) is 0 Å². The van der Waals surface area contributed by atoms with Crippen molar-refractivity contribution < 1.29 is 0 Å². The third kappa shape index (κ3) is 2.42. The fourth-order valence-electron chi connectivity index (χ4n) is 2.39. The van der Waals surface area contributed by atoms with Crippen molar-refractivity contribution in [3.8, 4) is 0 Å². The minimum atomic E-state index is 0.731. The van der Waals surface area contributed by atoms with E-state index in [1.807, 2.05) is 0 Å². The van der Waals surface area contributed by atoms with Crippen LogP contribution in [0.25, 0.3) is 0 Å². The van der Waals surface area contributed by atoms with E-state index in [0.717, 1.165) is 12.0 Å². The fraction of sp³-hybridized carbons (Fsp3) is 1.00. The Morgan fingerprint density at radius 2 is 2.00 bits per heavy atom.